The molecule has 1 atom stereocenters. The van der Waals surface area contributed by atoms with Crippen molar-refractivity contribution in [3.8, 4) is 5.75 Å². The Labute approximate surface area is 159 Å². The van der Waals surface area contributed by atoms with Crippen LogP contribution in [-0.2, 0) is 0 Å². The minimum absolute atomic E-state index is 0. The molecule has 0 spiro atoms. The van der Waals surface area contributed by atoms with Gasteiger partial charge in [-0.3, -0.25) is 4.90 Å². The lowest BCUT2D eigenvalue weighted by Crippen LogP contribution is -2.45. The molecule has 1 aromatic carbocycles. The van der Waals surface area contributed by atoms with Crippen LogP contribution in [0.1, 0.15) is 16.5 Å². The van der Waals surface area contributed by atoms with Gasteiger partial charge >= 0.3 is 6.36 Å². The zero-order valence-corrected chi connectivity index (χ0v) is 15.4. The number of para-hydroxylation sites is 1. The second-order valence-electron chi connectivity index (χ2n) is 5.42. The Hall–Kier alpha value is -0.990. The van der Waals surface area contributed by atoms with Crippen LogP contribution >= 0.6 is 35.3 Å². The molecule has 138 valence electrons. The Morgan fingerprint density at radius 2 is 1.80 bits per heavy atom. The number of alkyl halides is 3. The van der Waals surface area contributed by atoms with Gasteiger partial charge in [0.25, 0.3) is 0 Å². The molecule has 0 saturated carbocycles. The van der Waals surface area contributed by atoms with Crippen LogP contribution < -0.4 is 10.1 Å². The third-order valence-corrected chi connectivity index (χ3v) is 5.10. The lowest BCUT2D eigenvalue weighted by molar-refractivity contribution is -0.275. The number of benzene rings is 1. The van der Waals surface area contributed by atoms with E-state index in [9.17, 15) is 13.2 Å². The van der Waals surface area contributed by atoms with Crippen molar-refractivity contribution in [2.24, 2.45) is 0 Å². The van der Waals surface area contributed by atoms with Crippen molar-refractivity contribution in [3.63, 3.8) is 0 Å². The summed E-state index contributed by atoms with van der Waals surface area (Å²) >= 11 is 7.43. The fraction of sp³-hybridized carbons (Fsp3) is 0.375. The molecule has 0 unspecified atom stereocenters. The summed E-state index contributed by atoms with van der Waals surface area (Å²) in [6, 6.07) is 9.62. The van der Waals surface area contributed by atoms with Gasteiger partial charge in [-0.15, -0.1) is 36.9 Å². The Kier molecular flexibility index (Phi) is 6.99. The Morgan fingerprint density at radius 3 is 2.40 bits per heavy atom. The first-order chi connectivity index (χ1) is 11.4. The fourth-order valence-corrected chi connectivity index (χ4v) is 4.08. The number of thiophene rings is 1. The number of halogens is 5. The second kappa shape index (κ2) is 8.60. The van der Waals surface area contributed by atoms with Gasteiger partial charge in [-0.2, -0.15) is 0 Å². The molecular weight excluding hydrogens is 396 g/mol. The molecule has 2 heterocycles. The summed E-state index contributed by atoms with van der Waals surface area (Å²) < 4.78 is 43.2. The predicted octanol–water partition coefficient (Wildman–Crippen LogP) is 4.72. The van der Waals surface area contributed by atoms with Crippen LogP contribution in [0.3, 0.4) is 0 Å². The van der Waals surface area contributed by atoms with Gasteiger partial charge in [0.2, 0.25) is 0 Å². The number of rotatable bonds is 4. The molecule has 1 fully saturated rings. The summed E-state index contributed by atoms with van der Waals surface area (Å²) in [5.41, 5.74) is 0.496. The van der Waals surface area contributed by atoms with Gasteiger partial charge in [0, 0.05) is 36.6 Å². The number of hydrogen-bond acceptors (Lipinski definition) is 4. The first-order valence-electron chi connectivity index (χ1n) is 7.49. The topological polar surface area (TPSA) is 24.5 Å². The molecule has 1 N–H and O–H groups in total. The summed E-state index contributed by atoms with van der Waals surface area (Å²) in [7, 11) is 0. The van der Waals surface area contributed by atoms with Crippen LogP contribution in [0.2, 0.25) is 4.34 Å². The lowest BCUT2D eigenvalue weighted by atomic mass is 10.0. The largest absolute Gasteiger partial charge is 0.573 e. The molecule has 0 aliphatic carbocycles. The van der Waals surface area contributed by atoms with Gasteiger partial charge in [-0.25, -0.2) is 0 Å². The second-order valence-corrected chi connectivity index (χ2v) is 7.16. The van der Waals surface area contributed by atoms with E-state index in [4.69, 9.17) is 11.6 Å². The highest BCUT2D eigenvalue weighted by molar-refractivity contribution is 7.16. The summed E-state index contributed by atoms with van der Waals surface area (Å²) in [5.74, 6) is -0.168. The monoisotopic (exact) mass is 412 g/mol. The van der Waals surface area contributed by atoms with E-state index in [0.717, 1.165) is 31.1 Å². The van der Waals surface area contributed by atoms with Crippen LogP contribution in [-0.4, -0.2) is 37.4 Å². The summed E-state index contributed by atoms with van der Waals surface area (Å²) in [5, 5.41) is 3.26. The van der Waals surface area contributed by atoms with E-state index in [2.05, 4.69) is 15.0 Å². The third kappa shape index (κ3) is 5.24. The van der Waals surface area contributed by atoms with E-state index in [1.807, 2.05) is 6.07 Å². The first kappa shape index (κ1) is 20.3. The molecule has 25 heavy (non-hydrogen) atoms. The highest BCUT2D eigenvalue weighted by Crippen LogP contribution is 2.40. The molecule has 0 radical (unpaired) electrons. The maximum absolute atomic E-state index is 12.8. The molecule has 0 bridgehead atoms. The van der Waals surface area contributed by atoms with E-state index in [1.54, 1.807) is 24.3 Å². The van der Waals surface area contributed by atoms with E-state index < -0.39 is 6.36 Å². The number of piperazine rings is 1. The maximum Gasteiger partial charge on any atom is 0.573 e. The molecule has 3 nitrogen and oxygen atoms in total. The van der Waals surface area contributed by atoms with Gasteiger partial charge in [0.05, 0.1) is 10.4 Å². The van der Waals surface area contributed by atoms with Crippen molar-refractivity contribution >= 4 is 35.3 Å². The van der Waals surface area contributed by atoms with E-state index in [0.29, 0.717) is 9.90 Å². The normalized spacial score (nSPS) is 17.0. The van der Waals surface area contributed by atoms with Crippen molar-refractivity contribution < 1.29 is 17.9 Å². The van der Waals surface area contributed by atoms with E-state index in [-0.39, 0.29) is 24.2 Å². The SMILES string of the molecule is Cl.FC(F)(F)Oc1ccccc1[C@H](c1ccc(Cl)s1)N1CCNCC1. The minimum atomic E-state index is -4.72. The minimum Gasteiger partial charge on any atom is -0.405 e. The number of ether oxygens (including phenoxy) is 1. The van der Waals surface area contributed by atoms with E-state index in [1.165, 1.54) is 17.4 Å². The maximum atomic E-state index is 12.8. The number of hydrogen-bond donors (Lipinski definition) is 1. The van der Waals surface area contributed by atoms with Crippen molar-refractivity contribution in [2.75, 3.05) is 26.2 Å². The van der Waals surface area contributed by atoms with Crippen molar-refractivity contribution in [2.45, 2.75) is 12.4 Å². The van der Waals surface area contributed by atoms with Gasteiger partial charge in [-0.05, 0) is 18.2 Å². The average Bonchev–Trinajstić information content (AvgIpc) is 2.95. The zero-order valence-electron chi connectivity index (χ0n) is 13.1. The van der Waals surface area contributed by atoms with Crippen LogP contribution in [0.5, 0.6) is 5.75 Å². The molecule has 1 aliphatic heterocycles. The molecule has 3 rings (SSSR count). The predicted molar refractivity (Wildman–Crippen MR) is 96.0 cm³/mol. The van der Waals surface area contributed by atoms with Gasteiger partial charge in [0.15, 0.2) is 0 Å². The Bertz CT molecular complexity index is 690. The van der Waals surface area contributed by atoms with Crippen molar-refractivity contribution in [1.29, 1.82) is 0 Å². The first-order valence-corrected chi connectivity index (χ1v) is 8.68. The van der Waals surface area contributed by atoms with Crippen LogP contribution in [0.15, 0.2) is 36.4 Å². The molecule has 1 saturated heterocycles. The van der Waals surface area contributed by atoms with Gasteiger partial charge in [-0.1, -0.05) is 29.8 Å². The third-order valence-electron chi connectivity index (χ3n) is 3.82. The highest BCUT2D eigenvalue weighted by Gasteiger charge is 2.34. The van der Waals surface area contributed by atoms with Gasteiger partial charge in [0.1, 0.15) is 5.75 Å². The Morgan fingerprint density at radius 1 is 1.12 bits per heavy atom. The Balaban J connectivity index is 0.00000225. The standard InChI is InChI=1S/C16H16ClF3N2OS.ClH/c17-14-6-5-13(24-14)15(22-9-7-21-8-10-22)11-3-1-2-4-12(11)23-16(18,19)20;/h1-6,15,21H,7-10H2;1H/t15-;/m1./s1. The summed E-state index contributed by atoms with van der Waals surface area (Å²) in [6.07, 6.45) is -4.72. The lowest BCUT2D eigenvalue weighted by Gasteiger charge is -2.35. The van der Waals surface area contributed by atoms with Crippen LogP contribution in [0.4, 0.5) is 13.2 Å². The van der Waals surface area contributed by atoms with Gasteiger partial charge < -0.3 is 10.1 Å². The van der Waals surface area contributed by atoms with Crippen LogP contribution in [0, 0.1) is 0 Å². The molecular formula is C16H17Cl2F3N2OS. The van der Waals surface area contributed by atoms with Crippen molar-refractivity contribution in [3.05, 3.63) is 51.2 Å². The fourth-order valence-electron chi connectivity index (χ4n) is 2.87. The molecule has 2 aromatic rings. The quantitative estimate of drug-likeness (QED) is 0.786. The smallest absolute Gasteiger partial charge is 0.405 e. The summed E-state index contributed by atoms with van der Waals surface area (Å²) in [6.45, 7) is 3.05. The highest BCUT2D eigenvalue weighted by atomic mass is 35.5. The zero-order chi connectivity index (χ0) is 17.2. The number of nitrogens with zero attached hydrogens (tertiary/aromatic N) is 1. The van der Waals surface area contributed by atoms with Crippen LogP contribution in [0.25, 0.3) is 0 Å². The molecule has 1 aliphatic rings. The van der Waals surface area contributed by atoms with E-state index >= 15 is 0 Å². The molecule has 9 heteroatoms. The van der Waals surface area contributed by atoms with Crippen molar-refractivity contribution in [1.82, 2.24) is 10.2 Å². The molecule has 1 aromatic heterocycles. The average molecular weight is 413 g/mol. The summed E-state index contributed by atoms with van der Waals surface area (Å²) in [4.78, 5) is 3.05. The number of nitrogens with one attached hydrogen (secondary N) is 1. The molecule has 0 amide bonds.